The highest BCUT2D eigenvalue weighted by molar-refractivity contribution is 5.52. The Bertz CT molecular complexity index is 1420. The van der Waals surface area contributed by atoms with Gasteiger partial charge in [0.05, 0.1) is 12.2 Å². The molecule has 0 aliphatic rings. The number of nitrogens with zero attached hydrogens (tertiary/aromatic N) is 3. The molecule has 3 heteroatoms. The molecule has 3 nitrogen and oxygen atoms in total. The van der Waals surface area contributed by atoms with E-state index in [-0.39, 0.29) is 0 Å². The summed E-state index contributed by atoms with van der Waals surface area (Å²) in [7, 11) is 0. The van der Waals surface area contributed by atoms with Crippen LogP contribution < -0.4 is 4.90 Å². The van der Waals surface area contributed by atoms with E-state index < -0.39 is 0 Å². The molecule has 38 heavy (non-hydrogen) atoms. The minimum Gasteiger partial charge on any atom is -0.363 e. The molecule has 0 amide bonds. The van der Waals surface area contributed by atoms with Gasteiger partial charge >= 0.3 is 0 Å². The molecule has 0 radical (unpaired) electrons. The number of benzene rings is 5. The highest BCUT2D eigenvalue weighted by Gasteiger charge is 2.11. The molecule has 0 atom stereocenters. The lowest BCUT2D eigenvalue weighted by molar-refractivity contribution is 0.798. The first-order valence-corrected chi connectivity index (χ1v) is 13.2. The Kier molecular flexibility index (Phi) is 8.37. The smallest absolute Gasteiger partial charge is 0.0887 e. The summed E-state index contributed by atoms with van der Waals surface area (Å²) in [5.41, 5.74) is 9.62. The van der Waals surface area contributed by atoms with E-state index in [1.807, 2.05) is 18.2 Å². The molecule has 0 aromatic heterocycles. The van der Waals surface area contributed by atoms with Gasteiger partial charge in [0.1, 0.15) is 0 Å². The first kappa shape index (κ1) is 25.2. The number of azo groups is 1. The first-order chi connectivity index (χ1) is 18.7. The molecule has 5 aromatic rings. The SMILES string of the molecule is Cc1cc(N(Cc2ccccc2)Cc2ccccc2)ccc1CN=Nc1ccccc1Cc1ccccc1. The number of hydrogen-bond acceptors (Lipinski definition) is 3. The summed E-state index contributed by atoms with van der Waals surface area (Å²) >= 11 is 0. The summed E-state index contributed by atoms with van der Waals surface area (Å²) in [6.45, 7) is 4.43. The summed E-state index contributed by atoms with van der Waals surface area (Å²) in [4.78, 5) is 2.43. The maximum absolute atomic E-state index is 4.62. The van der Waals surface area contributed by atoms with Gasteiger partial charge in [0, 0.05) is 18.8 Å². The van der Waals surface area contributed by atoms with E-state index in [0.29, 0.717) is 6.54 Å². The standard InChI is InChI=1S/C35H33N3/c1-28-23-34(38(26-30-15-7-3-8-16-30)27-31-17-9-4-10-18-31)22-21-33(28)25-36-37-35-20-12-11-19-32(35)24-29-13-5-2-6-14-29/h2-23H,24-27H2,1H3. The van der Waals surface area contributed by atoms with Crippen LogP contribution in [0.3, 0.4) is 0 Å². The zero-order valence-electron chi connectivity index (χ0n) is 21.9. The minimum atomic E-state index is 0.559. The quantitative estimate of drug-likeness (QED) is 0.178. The van der Waals surface area contributed by atoms with Gasteiger partial charge in [0.25, 0.3) is 0 Å². The molecule has 188 valence electrons. The van der Waals surface area contributed by atoms with Gasteiger partial charge in [-0.2, -0.15) is 10.2 Å². The lowest BCUT2D eigenvalue weighted by atomic mass is 10.0. The molecule has 0 heterocycles. The Morgan fingerprint density at radius 3 is 1.71 bits per heavy atom. The van der Waals surface area contributed by atoms with E-state index in [2.05, 4.69) is 137 Å². The van der Waals surface area contributed by atoms with Crippen molar-refractivity contribution in [1.82, 2.24) is 0 Å². The van der Waals surface area contributed by atoms with Gasteiger partial charge in [-0.3, -0.25) is 0 Å². The normalized spacial score (nSPS) is 11.1. The second kappa shape index (κ2) is 12.6. The third-order valence-electron chi connectivity index (χ3n) is 6.77. The van der Waals surface area contributed by atoms with Crippen LogP contribution in [0.5, 0.6) is 0 Å². The minimum absolute atomic E-state index is 0.559. The topological polar surface area (TPSA) is 28.0 Å². The summed E-state index contributed by atoms with van der Waals surface area (Å²) < 4.78 is 0. The maximum Gasteiger partial charge on any atom is 0.0887 e. The molecule has 0 fully saturated rings. The zero-order valence-corrected chi connectivity index (χ0v) is 21.9. The van der Waals surface area contributed by atoms with Gasteiger partial charge in [0.2, 0.25) is 0 Å². The molecule has 0 spiro atoms. The second-order valence-electron chi connectivity index (χ2n) is 9.63. The van der Waals surface area contributed by atoms with Crippen LogP contribution in [0.2, 0.25) is 0 Å². The van der Waals surface area contributed by atoms with Gasteiger partial charge in [-0.05, 0) is 64.9 Å². The van der Waals surface area contributed by atoms with Crippen LogP contribution in [0.25, 0.3) is 0 Å². The molecule has 0 bridgehead atoms. The van der Waals surface area contributed by atoms with Crippen LogP contribution in [0, 0.1) is 6.92 Å². The Morgan fingerprint density at radius 1 is 0.553 bits per heavy atom. The van der Waals surface area contributed by atoms with Crippen molar-refractivity contribution in [2.24, 2.45) is 10.2 Å². The zero-order chi connectivity index (χ0) is 26.0. The van der Waals surface area contributed by atoms with Crippen LogP contribution in [0.1, 0.15) is 33.4 Å². The predicted octanol–water partition coefficient (Wildman–Crippen LogP) is 9.08. The molecule has 5 aromatic carbocycles. The van der Waals surface area contributed by atoms with E-state index in [4.69, 9.17) is 0 Å². The molecular formula is C35H33N3. The summed E-state index contributed by atoms with van der Waals surface area (Å²) in [6.07, 6.45) is 0.850. The van der Waals surface area contributed by atoms with E-state index in [0.717, 1.165) is 25.2 Å². The van der Waals surface area contributed by atoms with Crippen molar-refractivity contribution >= 4 is 11.4 Å². The van der Waals surface area contributed by atoms with Gasteiger partial charge in [-0.25, -0.2) is 0 Å². The van der Waals surface area contributed by atoms with Crippen molar-refractivity contribution in [3.05, 3.63) is 167 Å². The summed E-state index contributed by atoms with van der Waals surface area (Å²) in [5, 5.41) is 9.22. The molecule has 0 N–H and O–H groups in total. The first-order valence-electron chi connectivity index (χ1n) is 13.2. The van der Waals surface area contributed by atoms with Gasteiger partial charge in [-0.1, -0.05) is 115 Å². The van der Waals surface area contributed by atoms with E-state index in [1.165, 1.54) is 39.1 Å². The monoisotopic (exact) mass is 495 g/mol. The van der Waals surface area contributed by atoms with Gasteiger partial charge in [0.15, 0.2) is 0 Å². The lowest BCUT2D eigenvalue weighted by Crippen LogP contribution is -2.22. The van der Waals surface area contributed by atoms with E-state index in [9.17, 15) is 0 Å². The van der Waals surface area contributed by atoms with Crippen LogP contribution in [-0.4, -0.2) is 0 Å². The van der Waals surface area contributed by atoms with E-state index in [1.54, 1.807) is 0 Å². The second-order valence-corrected chi connectivity index (χ2v) is 9.63. The Balaban J connectivity index is 1.31. The third kappa shape index (κ3) is 6.83. The van der Waals surface area contributed by atoms with Crippen molar-refractivity contribution in [1.29, 1.82) is 0 Å². The maximum atomic E-state index is 4.62. The molecule has 0 aliphatic carbocycles. The summed E-state index contributed by atoms with van der Waals surface area (Å²) in [5.74, 6) is 0. The number of anilines is 1. The Hall–Kier alpha value is -4.50. The van der Waals surface area contributed by atoms with Gasteiger partial charge in [-0.15, -0.1) is 0 Å². The van der Waals surface area contributed by atoms with E-state index >= 15 is 0 Å². The lowest BCUT2D eigenvalue weighted by Gasteiger charge is -2.26. The average molecular weight is 496 g/mol. The van der Waals surface area contributed by atoms with Crippen LogP contribution in [0.4, 0.5) is 11.4 Å². The Morgan fingerprint density at radius 2 is 1.11 bits per heavy atom. The molecule has 5 rings (SSSR count). The Labute approximate surface area is 226 Å². The van der Waals surface area contributed by atoms with Crippen molar-refractivity contribution < 1.29 is 0 Å². The number of aryl methyl sites for hydroxylation is 1. The summed E-state index contributed by atoms with van der Waals surface area (Å²) in [6, 6.07) is 46.8. The number of rotatable bonds is 10. The fourth-order valence-corrected chi connectivity index (χ4v) is 4.66. The number of hydrogen-bond donors (Lipinski definition) is 0. The highest BCUT2D eigenvalue weighted by Crippen LogP contribution is 2.26. The van der Waals surface area contributed by atoms with Crippen LogP contribution in [-0.2, 0) is 26.1 Å². The fraction of sp³-hybridized carbons (Fsp3) is 0.143. The highest BCUT2D eigenvalue weighted by atomic mass is 15.1. The van der Waals surface area contributed by atoms with Crippen LogP contribution in [0.15, 0.2) is 144 Å². The molecular weight excluding hydrogens is 462 g/mol. The van der Waals surface area contributed by atoms with Crippen molar-refractivity contribution in [2.75, 3.05) is 4.90 Å². The fourth-order valence-electron chi connectivity index (χ4n) is 4.66. The van der Waals surface area contributed by atoms with Crippen LogP contribution >= 0.6 is 0 Å². The average Bonchev–Trinajstić information content (AvgIpc) is 2.96. The largest absolute Gasteiger partial charge is 0.363 e. The predicted molar refractivity (Wildman–Crippen MR) is 158 cm³/mol. The molecule has 0 aliphatic heterocycles. The van der Waals surface area contributed by atoms with Gasteiger partial charge < -0.3 is 4.90 Å². The van der Waals surface area contributed by atoms with Crippen molar-refractivity contribution in [3.8, 4) is 0 Å². The van der Waals surface area contributed by atoms with Crippen molar-refractivity contribution in [2.45, 2.75) is 33.0 Å². The molecule has 0 saturated heterocycles. The molecule has 0 saturated carbocycles. The van der Waals surface area contributed by atoms with Crippen molar-refractivity contribution in [3.63, 3.8) is 0 Å². The molecule has 0 unspecified atom stereocenters. The third-order valence-corrected chi connectivity index (χ3v) is 6.77.